The van der Waals surface area contributed by atoms with E-state index in [-0.39, 0.29) is 25.3 Å². The predicted octanol–water partition coefficient (Wildman–Crippen LogP) is -2.98. The second-order valence-electron chi connectivity index (χ2n) is 4.33. The number of β-lactam (4-membered cyclic amide) rings is 1. The van der Waals surface area contributed by atoms with E-state index in [1.165, 1.54) is 11.0 Å². The van der Waals surface area contributed by atoms with E-state index in [2.05, 4.69) is 20.2 Å². The predicted molar refractivity (Wildman–Crippen MR) is 73.8 cm³/mol. The molecule has 12 nitrogen and oxygen atoms in total. The van der Waals surface area contributed by atoms with Crippen molar-refractivity contribution in [3.63, 3.8) is 0 Å². The standard InChI is InChI=1S/C8H13N7O5S2/c9-22(19,20)12-2-5-1-11-14(13-5)3-6-7(10-4-16)8(17)15(6)21-18/h1,4,6-7,12,18H,2-3H2,(H,10,16)(H2,9,19,20). The normalized spacial score (nSPS) is 21.5. The number of amides is 2. The average molecular weight is 351 g/mol. The lowest BCUT2D eigenvalue weighted by molar-refractivity contribution is -0.143. The lowest BCUT2D eigenvalue weighted by Crippen LogP contribution is -2.68. The minimum absolute atomic E-state index is 0.111. The van der Waals surface area contributed by atoms with Gasteiger partial charge in [0, 0.05) is 0 Å². The van der Waals surface area contributed by atoms with Gasteiger partial charge in [-0.2, -0.15) is 28.1 Å². The van der Waals surface area contributed by atoms with Crippen LogP contribution in [0.3, 0.4) is 0 Å². The van der Waals surface area contributed by atoms with Crippen LogP contribution in [0.25, 0.3) is 0 Å². The van der Waals surface area contributed by atoms with E-state index in [9.17, 15) is 18.0 Å². The van der Waals surface area contributed by atoms with Gasteiger partial charge < -0.3 is 9.87 Å². The molecule has 2 rings (SSSR count). The summed E-state index contributed by atoms with van der Waals surface area (Å²) < 4.78 is 33.7. The molecule has 0 aliphatic carbocycles. The van der Waals surface area contributed by atoms with Crippen molar-refractivity contribution in [1.82, 2.24) is 29.3 Å². The quantitative estimate of drug-likeness (QED) is 0.166. The summed E-state index contributed by atoms with van der Waals surface area (Å²) in [4.78, 5) is 23.3. The fourth-order valence-corrected chi connectivity index (χ4v) is 2.75. The molecule has 2 atom stereocenters. The van der Waals surface area contributed by atoms with Crippen LogP contribution in [0.1, 0.15) is 5.69 Å². The Hall–Kier alpha value is -1.74. The molecule has 1 aliphatic heterocycles. The van der Waals surface area contributed by atoms with Crippen LogP contribution in [0.4, 0.5) is 0 Å². The largest absolute Gasteiger partial charge is 0.345 e. The number of carbonyl (C=O) groups excluding carboxylic acids is 2. The maximum atomic E-state index is 11.6. The Morgan fingerprint density at radius 2 is 2.27 bits per heavy atom. The fourth-order valence-electron chi connectivity index (χ4n) is 1.90. The fraction of sp³-hybridized carbons (Fsp3) is 0.500. The SMILES string of the molecule is NS(=O)(=O)NCc1cnn(CC2C(NC=O)C(=O)N2SO)n1. The highest BCUT2D eigenvalue weighted by Crippen LogP contribution is 2.27. The van der Waals surface area contributed by atoms with E-state index < -0.39 is 28.2 Å². The van der Waals surface area contributed by atoms with Gasteiger partial charge in [-0.05, 0) is 0 Å². The van der Waals surface area contributed by atoms with Gasteiger partial charge in [0.2, 0.25) is 6.41 Å². The molecular formula is C8H13N7O5S2. The summed E-state index contributed by atoms with van der Waals surface area (Å²) in [6, 6.07) is -1.30. The zero-order valence-electron chi connectivity index (χ0n) is 11.0. The number of hydrogen-bond donors (Lipinski definition) is 4. The maximum absolute atomic E-state index is 11.6. The Balaban J connectivity index is 1.99. The molecule has 2 unspecified atom stereocenters. The van der Waals surface area contributed by atoms with Crippen LogP contribution in [0.2, 0.25) is 0 Å². The molecule has 1 fully saturated rings. The smallest absolute Gasteiger partial charge is 0.274 e. The Morgan fingerprint density at radius 3 is 2.86 bits per heavy atom. The molecule has 0 aromatic carbocycles. The highest BCUT2D eigenvalue weighted by molar-refractivity contribution is 7.92. The molecule has 22 heavy (non-hydrogen) atoms. The van der Waals surface area contributed by atoms with Gasteiger partial charge in [-0.3, -0.25) is 13.9 Å². The van der Waals surface area contributed by atoms with Crippen LogP contribution >= 0.6 is 12.2 Å². The van der Waals surface area contributed by atoms with Gasteiger partial charge in [0.25, 0.3) is 16.1 Å². The second kappa shape index (κ2) is 6.57. The van der Waals surface area contributed by atoms with E-state index >= 15 is 0 Å². The van der Waals surface area contributed by atoms with Gasteiger partial charge in [-0.1, -0.05) is 0 Å². The minimum Gasteiger partial charge on any atom is -0.345 e. The first-order valence-corrected chi connectivity index (χ1v) is 8.14. The van der Waals surface area contributed by atoms with Gasteiger partial charge in [0.05, 0.1) is 31.0 Å². The van der Waals surface area contributed by atoms with Crippen LogP contribution < -0.4 is 15.2 Å². The molecule has 2 amide bonds. The number of carbonyl (C=O) groups is 2. The van der Waals surface area contributed by atoms with Crippen molar-refractivity contribution < 1.29 is 22.6 Å². The third kappa shape index (κ3) is 3.72. The molecule has 5 N–H and O–H groups in total. The van der Waals surface area contributed by atoms with Crippen molar-refractivity contribution in [2.45, 2.75) is 25.2 Å². The van der Waals surface area contributed by atoms with Gasteiger partial charge in [-0.15, -0.1) is 0 Å². The molecule has 1 aliphatic rings. The molecule has 1 aromatic rings. The topological polar surface area (TPSA) is 173 Å². The Morgan fingerprint density at radius 1 is 1.55 bits per heavy atom. The highest BCUT2D eigenvalue weighted by atomic mass is 32.2. The molecule has 0 spiro atoms. The lowest BCUT2D eigenvalue weighted by Gasteiger charge is -2.43. The Bertz CT molecular complexity index is 662. The van der Waals surface area contributed by atoms with Crippen LogP contribution in [-0.2, 0) is 32.9 Å². The number of rotatable bonds is 8. The van der Waals surface area contributed by atoms with E-state index in [0.29, 0.717) is 12.1 Å². The zero-order valence-corrected chi connectivity index (χ0v) is 12.6. The van der Waals surface area contributed by atoms with Gasteiger partial charge in [-0.25, -0.2) is 5.14 Å². The summed E-state index contributed by atoms with van der Waals surface area (Å²) in [6.07, 6.45) is 1.73. The summed E-state index contributed by atoms with van der Waals surface area (Å²) >= 11 is 0.248. The summed E-state index contributed by atoms with van der Waals surface area (Å²) in [7, 11) is -3.83. The van der Waals surface area contributed by atoms with Crippen LogP contribution in [0.5, 0.6) is 0 Å². The van der Waals surface area contributed by atoms with Gasteiger partial charge in [0.1, 0.15) is 18.3 Å². The second-order valence-corrected chi connectivity index (χ2v) is 6.27. The van der Waals surface area contributed by atoms with Gasteiger partial charge >= 0.3 is 0 Å². The molecule has 0 bridgehead atoms. The van der Waals surface area contributed by atoms with Crippen molar-refractivity contribution in [2.24, 2.45) is 5.14 Å². The monoisotopic (exact) mass is 351 g/mol. The van der Waals surface area contributed by atoms with Crippen molar-refractivity contribution in [1.29, 1.82) is 0 Å². The van der Waals surface area contributed by atoms with E-state index in [1.807, 2.05) is 0 Å². The first kappa shape index (κ1) is 16.6. The van der Waals surface area contributed by atoms with E-state index in [1.54, 1.807) is 0 Å². The van der Waals surface area contributed by atoms with Crippen molar-refractivity contribution in [3.05, 3.63) is 11.9 Å². The zero-order chi connectivity index (χ0) is 16.3. The van der Waals surface area contributed by atoms with Crippen molar-refractivity contribution in [2.75, 3.05) is 0 Å². The molecule has 2 heterocycles. The summed E-state index contributed by atoms with van der Waals surface area (Å²) in [6.45, 7) is -0.0168. The Labute approximate surface area is 129 Å². The average Bonchev–Trinajstić information content (AvgIpc) is 2.89. The number of nitrogens with one attached hydrogen (secondary N) is 2. The van der Waals surface area contributed by atoms with Crippen molar-refractivity contribution >= 4 is 34.8 Å². The number of aromatic nitrogens is 3. The van der Waals surface area contributed by atoms with E-state index in [0.717, 1.165) is 4.31 Å². The van der Waals surface area contributed by atoms with Crippen LogP contribution in [-0.4, -0.2) is 56.7 Å². The summed E-state index contributed by atoms with van der Waals surface area (Å²) in [5.74, 6) is -0.437. The first-order chi connectivity index (χ1) is 10.4. The first-order valence-electron chi connectivity index (χ1n) is 5.86. The third-order valence-corrected chi connectivity index (χ3v) is 4.07. The number of nitrogens with zero attached hydrogens (tertiary/aromatic N) is 4. The number of hydrogen-bond acceptors (Lipinski definition) is 8. The molecule has 1 saturated heterocycles. The lowest BCUT2D eigenvalue weighted by atomic mass is 9.99. The van der Waals surface area contributed by atoms with Crippen LogP contribution in [0, 0.1) is 0 Å². The maximum Gasteiger partial charge on any atom is 0.274 e. The minimum atomic E-state index is -3.83. The Kier molecular flexibility index (Phi) is 4.97. The van der Waals surface area contributed by atoms with Crippen LogP contribution in [0.15, 0.2) is 6.20 Å². The van der Waals surface area contributed by atoms with Crippen molar-refractivity contribution in [3.8, 4) is 0 Å². The van der Waals surface area contributed by atoms with E-state index in [4.69, 9.17) is 9.69 Å². The molecule has 14 heteroatoms. The third-order valence-electron chi connectivity index (χ3n) is 2.89. The van der Waals surface area contributed by atoms with Gasteiger partial charge in [0.15, 0.2) is 0 Å². The summed E-state index contributed by atoms with van der Waals surface area (Å²) in [5.41, 5.74) is 0.322. The molecule has 0 saturated carbocycles. The molecule has 1 aromatic heterocycles. The summed E-state index contributed by atoms with van der Waals surface area (Å²) in [5, 5.41) is 15.1. The molecular weight excluding hydrogens is 338 g/mol. The highest BCUT2D eigenvalue weighted by Gasteiger charge is 2.48. The molecule has 122 valence electrons. The molecule has 0 radical (unpaired) electrons. The number of nitrogens with two attached hydrogens (primary N) is 1.